The number of ether oxygens (including phenoxy) is 1. The minimum atomic E-state index is -0.176. The van der Waals surface area contributed by atoms with Crippen molar-refractivity contribution in [3.8, 4) is 0 Å². The number of fused-ring (bicyclic) bond motifs is 1. The highest BCUT2D eigenvalue weighted by molar-refractivity contribution is 7.97. The van der Waals surface area contributed by atoms with E-state index in [2.05, 4.69) is 65.6 Å². The average molecular weight is 560 g/mol. The van der Waals surface area contributed by atoms with Gasteiger partial charge in [0, 0.05) is 44.0 Å². The van der Waals surface area contributed by atoms with Gasteiger partial charge >= 0.3 is 6.09 Å². The van der Waals surface area contributed by atoms with Crippen molar-refractivity contribution in [1.29, 1.82) is 0 Å². The molecule has 1 aliphatic carbocycles. The highest BCUT2D eigenvalue weighted by Crippen LogP contribution is 2.33. The van der Waals surface area contributed by atoms with Crippen LogP contribution in [0, 0.1) is 5.92 Å². The highest BCUT2D eigenvalue weighted by atomic mass is 32.2. The van der Waals surface area contributed by atoms with Gasteiger partial charge < -0.3 is 14.5 Å². The SMILES string of the molecule is CCN(C(=O)OCc1ccccc1)C1CCN(CC2CCC(N(C)SCCc3cccc4ccccc34)C2)CC1. The molecule has 0 bridgehead atoms. The van der Waals surface area contributed by atoms with Gasteiger partial charge in [0.1, 0.15) is 6.61 Å². The Morgan fingerprint density at radius 2 is 1.68 bits per heavy atom. The molecule has 0 radical (unpaired) electrons. The third-order valence-corrected chi connectivity index (χ3v) is 9.96. The first-order valence-electron chi connectivity index (χ1n) is 15.1. The number of likely N-dealkylation sites (tertiary alicyclic amines) is 1. The maximum absolute atomic E-state index is 12.8. The van der Waals surface area contributed by atoms with Crippen LogP contribution >= 0.6 is 11.9 Å². The molecule has 1 saturated carbocycles. The van der Waals surface area contributed by atoms with E-state index < -0.39 is 0 Å². The molecule has 5 nitrogen and oxygen atoms in total. The first-order chi connectivity index (χ1) is 19.6. The van der Waals surface area contributed by atoms with Crippen LogP contribution in [0.1, 0.15) is 50.2 Å². The number of nitrogens with zero attached hydrogens (tertiary/aromatic N) is 3. The van der Waals surface area contributed by atoms with E-state index in [1.54, 1.807) is 0 Å². The van der Waals surface area contributed by atoms with Crippen LogP contribution < -0.4 is 0 Å². The molecule has 214 valence electrons. The number of amides is 1. The molecule has 6 heteroatoms. The highest BCUT2D eigenvalue weighted by Gasteiger charge is 2.32. The van der Waals surface area contributed by atoms with Crippen LogP contribution in [-0.4, -0.2) is 71.3 Å². The zero-order chi connectivity index (χ0) is 27.7. The Morgan fingerprint density at radius 1 is 0.925 bits per heavy atom. The fourth-order valence-corrected chi connectivity index (χ4v) is 7.58. The molecule has 3 aromatic carbocycles. The van der Waals surface area contributed by atoms with Gasteiger partial charge in [-0.15, -0.1) is 0 Å². The first-order valence-corrected chi connectivity index (χ1v) is 16.1. The molecule has 2 aliphatic rings. The number of carbonyl (C=O) groups excluding carboxylic acids is 1. The van der Waals surface area contributed by atoms with Crippen molar-refractivity contribution in [3.63, 3.8) is 0 Å². The summed E-state index contributed by atoms with van der Waals surface area (Å²) in [5.41, 5.74) is 2.49. The maximum Gasteiger partial charge on any atom is 0.410 e. The van der Waals surface area contributed by atoms with Crippen molar-refractivity contribution in [1.82, 2.24) is 14.1 Å². The predicted octanol–water partition coefficient (Wildman–Crippen LogP) is 7.25. The number of hydrogen-bond acceptors (Lipinski definition) is 5. The van der Waals surface area contributed by atoms with Crippen LogP contribution in [-0.2, 0) is 17.8 Å². The van der Waals surface area contributed by atoms with E-state index in [1.807, 2.05) is 47.2 Å². The lowest BCUT2D eigenvalue weighted by Crippen LogP contribution is -2.48. The second-order valence-electron chi connectivity index (χ2n) is 11.5. The Morgan fingerprint density at radius 3 is 2.48 bits per heavy atom. The van der Waals surface area contributed by atoms with E-state index >= 15 is 0 Å². The van der Waals surface area contributed by atoms with Gasteiger partial charge in [0.25, 0.3) is 0 Å². The van der Waals surface area contributed by atoms with Crippen molar-refractivity contribution in [2.75, 3.05) is 39.0 Å². The van der Waals surface area contributed by atoms with Crippen LogP contribution in [0.4, 0.5) is 4.79 Å². The van der Waals surface area contributed by atoms with E-state index in [0.29, 0.717) is 19.2 Å². The average Bonchev–Trinajstić information content (AvgIpc) is 3.46. The summed E-state index contributed by atoms with van der Waals surface area (Å²) < 4.78 is 8.18. The smallest absolute Gasteiger partial charge is 0.410 e. The second kappa shape index (κ2) is 14.4. The lowest BCUT2D eigenvalue weighted by Gasteiger charge is -2.38. The number of piperidine rings is 1. The molecule has 5 rings (SSSR count). The van der Waals surface area contributed by atoms with E-state index in [9.17, 15) is 4.79 Å². The molecule has 1 amide bonds. The summed E-state index contributed by atoms with van der Waals surface area (Å²) in [6, 6.07) is 26.3. The normalized spacial score (nSPS) is 20.3. The van der Waals surface area contributed by atoms with Gasteiger partial charge in [0.2, 0.25) is 0 Å². The van der Waals surface area contributed by atoms with Crippen LogP contribution in [0.3, 0.4) is 0 Å². The third-order valence-electron chi connectivity index (χ3n) is 8.87. The molecule has 2 fully saturated rings. The molecule has 0 spiro atoms. The fourth-order valence-electron chi connectivity index (χ4n) is 6.58. The number of benzene rings is 3. The largest absolute Gasteiger partial charge is 0.445 e. The molecule has 1 aliphatic heterocycles. The minimum absolute atomic E-state index is 0.176. The molecular formula is C34H45N3O2S. The van der Waals surface area contributed by atoms with E-state index in [-0.39, 0.29) is 12.1 Å². The number of rotatable bonds is 11. The lowest BCUT2D eigenvalue weighted by atomic mass is 10.0. The monoisotopic (exact) mass is 559 g/mol. The molecule has 0 aromatic heterocycles. The minimum Gasteiger partial charge on any atom is -0.445 e. The third kappa shape index (κ3) is 7.59. The van der Waals surface area contributed by atoms with Crippen molar-refractivity contribution in [3.05, 3.63) is 83.9 Å². The van der Waals surface area contributed by atoms with Gasteiger partial charge in [-0.2, -0.15) is 0 Å². The summed E-state index contributed by atoms with van der Waals surface area (Å²) in [5.74, 6) is 1.90. The van der Waals surface area contributed by atoms with Gasteiger partial charge in [-0.05, 0) is 80.3 Å². The quantitative estimate of drug-likeness (QED) is 0.231. The summed E-state index contributed by atoms with van der Waals surface area (Å²) in [5, 5.41) is 2.73. The van der Waals surface area contributed by atoms with Crippen LogP contribution in [0.5, 0.6) is 0 Å². The Balaban J connectivity index is 1.01. The van der Waals surface area contributed by atoms with E-state index in [0.717, 1.165) is 49.6 Å². The number of aryl methyl sites for hydroxylation is 1. The Hall–Kier alpha value is -2.54. The Labute approximate surface area is 245 Å². The van der Waals surface area contributed by atoms with Crippen LogP contribution in [0.25, 0.3) is 10.8 Å². The molecular weight excluding hydrogens is 514 g/mol. The van der Waals surface area contributed by atoms with Crippen molar-refractivity contribution >= 4 is 28.8 Å². The molecule has 1 saturated heterocycles. The topological polar surface area (TPSA) is 36.0 Å². The zero-order valence-electron chi connectivity index (χ0n) is 24.2. The van der Waals surface area contributed by atoms with Gasteiger partial charge in [0.05, 0.1) is 0 Å². The van der Waals surface area contributed by atoms with Crippen LogP contribution in [0.2, 0.25) is 0 Å². The van der Waals surface area contributed by atoms with Gasteiger partial charge in [-0.1, -0.05) is 84.7 Å². The number of hydrogen-bond donors (Lipinski definition) is 0. The molecule has 3 aromatic rings. The Kier molecular flexibility index (Phi) is 10.4. The summed E-state index contributed by atoms with van der Waals surface area (Å²) in [4.78, 5) is 17.4. The van der Waals surface area contributed by atoms with Gasteiger partial charge in [-0.25, -0.2) is 4.79 Å². The van der Waals surface area contributed by atoms with E-state index in [4.69, 9.17) is 4.74 Å². The van der Waals surface area contributed by atoms with Crippen molar-refractivity contribution < 1.29 is 9.53 Å². The molecule has 1 heterocycles. The van der Waals surface area contributed by atoms with E-state index in [1.165, 1.54) is 42.1 Å². The molecule has 40 heavy (non-hydrogen) atoms. The summed E-state index contributed by atoms with van der Waals surface area (Å²) in [6.45, 7) is 6.45. The summed E-state index contributed by atoms with van der Waals surface area (Å²) in [6.07, 6.45) is 6.93. The first kappa shape index (κ1) is 29.0. The zero-order valence-corrected chi connectivity index (χ0v) is 25.0. The number of carbonyl (C=O) groups is 1. The molecule has 2 unspecified atom stereocenters. The van der Waals surface area contributed by atoms with Crippen molar-refractivity contribution in [2.24, 2.45) is 5.92 Å². The maximum atomic E-state index is 12.8. The second-order valence-corrected chi connectivity index (χ2v) is 12.7. The molecule has 2 atom stereocenters. The Bertz CT molecular complexity index is 1210. The standard InChI is InChI=1S/C34H45N3O2S/c1-3-37(34(38)39-26-27-10-5-4-6-11-27)31-18-21-36(22-19-31)25-28-16-17-32(24-28)35(2)40-23-20-30-14-9-13-29-12-7-8-15-33(29)30/h4-15,28,31-32H,3,16-26H2,1-2H3. The van der Waals surface area contributed by atoms with Gasteiger partial charge in [-0.3, -0.25) is 4.31 Å². The van der Waals surface area contributed by atoms with Gasteiger partial charge in [0.15, 0.2) is 0 Å². The summed E-state index contributed by atoms with van der Waals surface area (Å²) >= 11 is 2.01. The lowest BCUT2D eigenvalue weighted by molar-refractivity contribution is 0.0606. The summed E-state index contributed by atoms with van der Waals surface area (Å²) in [7, 11) is 2.29. The predicted molar refractivity (Wildman–Crippen MR) is 167 cm³/mol. The van der Waals surface area contributed by atoms with Crippen LogP contribution in [0.15, 0.2) is 72.8 Å². The fraction of sp³-hybridized carbons (Fsp3) is 0.500. The molecule has 0 N–H and O–H groups in total. The van der Waals surface area contributed by atoms with Crippen molar-refractivity contribution in [2.45, 2.75) is 64.1 Å².